The van der Waals surface area contributed by atoms with Gasteiger partial charge in [-0.05, 0) is 25.5 Å². The number of anilines is 1. The van der Waals surface area contributed by atoms with Crippen molar-refractivity contribution >= 4 is 5.69 Å². The molecule has 1 N–H and O–H groups in total. The Morgan fingerprint density at radius 2 is 2.43 bits per heavy atom. The molecule has 2 unspecified atom stereocenters. The maximum atomic E-state index is 4.35. The largest absolute Gasteiger partial charge is 0.364 e. The van der Waals surface area contributed by atoms with Crippen molar-refractivity contribution in [3.05, 3.63) is 24.0 Å². The van der Waals surface area contributed by atoms with Crippen molar-refractivity contribution in [1.82, 2.24) is 10.3 Å². The molecule has 2 bridgehead atoms. The summed E-state index contributed by atoms with van der Waals surface area (Å²) in [6.45, 7) is 4.31. The van der Waals surface area contributed by atoms with Gasteiger partial charge in [0.25, 0.3) is 0 Å². The predicted octanol–water partition coefficient (Wildman–Crippen LogP) is 0.941. The van der Waals surface area contributed by atoms with Gasteiger partial charge in [-0.25, -0.2) is 0 Å². The molecule has 0 radical (unpaired) electrons. The van der Waals surface area contributed by atoms with Gasteiger partial charge >= 0.3 is 0 Å². The molecule has 0 spiro atoms. The summed E-state index contributed by atoms with van der Waals surface area (Å²) in [5, 5.41) is 3.51. The van der Waals surface area contributed by atoms with E-state index in [0.717, 1.165) is 18.8 Å². The van der Waals surface area contributed by atoms with E-state index in [1.54, 1.807) is 0 Å². The quantitative estimate of drug-likeness (QED) is 0.712. The molecule has 1 aromatic heterocycles. The molecule has 2 aliphatic rings. The Balaban J connectivity index is 1.86. The second-order valence-corrected chi connectivity index (χ2v) is 4.30. The monoisotopic (exact) mass is 189 g/mol. The second-order valence-electron chi connectivity index (χ2n) is 4.30. The minimum absolute atomic E-state index is 0.699. The normalized spacial score (nSPS) is 29.9. The van der Waals surface area contributed by atoms with E-state index in [1.165, 1.54) is 12.1 Å². The first kappa shape index (κ1) is 8.24. The van der Waals surface area contributed by atoms with E-state index in [-0.39, 0.29) is 0 Å². The number of rotatable bonds is 1. The van der Waals surface area contributed by atoms with Crippen LogP contribution in [0, 0.1) is 6.92 Å². The van der Waals surface area contributed by atoms with Crippen LogP contribution in [0.25, 0.3) is 0 Å². The Labute approximate surface area is 84.1 Å². The van der Waals surface area contributed by atoms with E-state index in [4.69, 9.17) is 0 Å². The molecule has 0 amide bonds. The summed E-state index contributed by atoms with van der Waals surface area (Å²) in [5.41, 5.74) is 2.38. The van der Waals surface area contributed by atoms with Crippen LogP contribution in [0.5, 0.6) is 0 Å². The molecule has 0 aliphatic carbocycles. The highest BCUT2D eigenvalue weighted by atomic mass is 15.3. The number of nitrogens with one attached hydrogen (secondary N) is 1. The number of hydrogen-bond donors (Lipinski definition) is 1. The molecule has 2 saturated heterocycles. The highest BCUT2D eigenvalue weighted by Crippen LogP contribution is 2.28. The number of piperazine rings is 1. The standard InChI is InChI=1S/C11H15N3/c1-8-2-3-10(5-12-8)14-7-9-4-11(14)6-13-9/h2-3,5,9,11,13H,4,6-7H2,1H3. The van der Waals surface area contributed by atoms with Gasteiger partial charge in [0.05, 0.1) is 11.9 Å². The van der Waals surface area contributed by atoms with Gasteiger partial charge in [0, 0.05) is 30.9 Å². The van der Waals surface area contributed by atoms with E-state index < -0.39 is 0 Å². The topological polar surface area (TPSA) is 28.2 Å². The second kappa shape index (κ2) is 2.95. The maximum absolute atomic E-state index is 4.35. The van der Waals surface area contributed by atoms with E-state index >= 15 is 0 Å². The molecule has 0 aromatic carbocycles. The first-order valence-electron chi connectivity index (χ1n) is 5.25. The van der Waals surface area contributed by atoms with Crippen LogP contribution in [0.4, 0.5) is 5.69 Å². The smallest absolute Gasteiger partial charge is 0.0556 e. The number of fused-ring (bicyclic) bond motifs is 2. The number of nitrogens with zero attached hydrogens (tertiary/aromatic N) is 2. The molecular formula is C11H15N3. The van der Waals surface area contributed by atoms with Crippen LogP contribution < -0.4 is 10.2 Å². The Hall–Kier alpha value is -1.09. The number of hydrogen-bond acceptors (Lipinski definition) is 3. The fraction of sp³-hybridized carbons (Fsp3) is 0.545. The summed E-state index contributed by atoms with van der Waals surface area (Å²) in [5.74, 6) is 0. The van der Waals surface area contributed by atoms with Gasteiger partial charge in [0.15, 0.2) is 0 Å². The van der Waals surface area contributed by atoms with Crippen LogP contribution in [0.1, 0.15) is 12.1 Å². The molecule has 3 rings (SSSR count). The number of pyridine rings is 1. The van der Waals surface area contributed by atoms with Gasteiger partial charge in [-0.15, -0.1) is 0 Å². The summed E-state index contributed by atoms with van der Waals surface area (Å²) in [6, 6.07) is 5.68. The highest BCUT2D eigenvalue weighted by Gasteiger charge is 2.37. The molecule has 14 heavy (non-hydrogen) atoms. The van der Waals surface area contributed by atoms with Crippen molar-refractivity contribution in [2.24, 2.45) is 0 Å². The molecule has 3 nitrogen and oxygen atoms in total. The van der Waals surface area contributed by atoms with Gasteiger partial charge < -0.3 is 10.2 Å². The van der Waals surface area contributed by atoms with Gasteiger partial charge in [-0.2, -0.15) is 0 Å². The zero-order valence-electron chi connectivity index (χ0n) is 8.40. The van der Waals surface area contributed by atoms with Crippen LogP contribution in [-0.4, -0.2) is 30.2 Å². The Morgan fingerprint density at radius 3 is 3.00 bits per heavy atom. The molecule has 1 aromatic rings. The molecule has 2 aliphatic heterocycles. The Morgan fingerprint density at radius 1 is 1.50 bits per heavy atom. The molecule has 74 valence electrons. The average molecular weight is 189 g/mol. The maximum Gasteiger partial charge on any atom is 0.0556 e. The van der Waals surface area contributed by atoms with Crippen LogP contribution >= 0.6 is 0 Å². The summed E-state index contributed by atoms with van der Waals surface area (Å²) >= 11 is 0. The third-order valence-corrected chi connectivity index (χ3v) is 3.28. The summed E-state index contributed by atoms with van der Waals surface area (Å²) < 4.78 is 0. The average Bonchev–Trinajstić information content (AvgIpc) is 2.80. The molecule has 2 atom stereocenters. The lowest BCUT2D eigenvalue weighted by Gasteiger charge is -2.29. The molecule has 2 fully saturated rings. The fourth-order valence-electron chi connectivity index (χ4n) is 2.51. The lowest BCUT2D eigenvalue weighted by Crippen LogP contribution is -2.43. The van der Waals surface area contributed by atoms with E-state index in [0.29, 0.717) is 12.1 Å². The molecule has 0 saturated carbocycles. The minimum atomic E-state index is 0.699. The van der Waals surface area contributed by atoms with Gasteiger partial charge in [0.2, 0.25) is 0 Å². The molecule has 3 heteroatoms. The molecule has 3 heterocycles. The fourth-order valence-corrected chi connectivity index (χ4v) is 2.51. The lowest BCUT2D eigenvalue weighted by molar-refractivity contribution is 0.579. The third-order valence-electron chi connectivity index (χ3n) is 3.28. The Bertz CT molecular complexity index is 333. The van der Waals surface area contributed by atoms with E-state index in [2.05, 4.69) is 27.3 Å². The summed E-state index contributed by atoms with van der Waals surface area (Å²) in [7, 11) is 0. The van der Waals surface area contributed by atoms with Crippen LogP contribution in [0.2, 0.25) is 0 Å². The summed E-state index contributed by atoms with van der Waals surface area (Å²) in [6.07, 6.45) is 3.30. The number of aryl methyl sites for hydroxylation is 1. The van der Waals surface area contributed by atoms with Crippen molar-refractivity contribution in [2.75, 3.05) is 18.0 Å². The first-order valence-corrected chi connectivity index (χ1v) is 5.25. The van der Waals surface area contributed by atoms with Crippen molar-refractivity contribution in [1.29, 1.82) is 0 Å². The van der Waals surface area contributed by atoms with Gasteiger partial charge in [-0.3, -0.25) is 4.98 Å². The van der Waals surface area contributed by atoms with Gasteiger partial charge in [-0.1, -0.05) is 0 Å². The highest BCUT2D eigenvalue weighted by molar-refractivity contribution is 5.48. The van der Waals surface area contributed by atoms with E-state index in [9.17, 15) is 0 Å². The minimum Gasteiger partial charge on any atom is -0.364 e. The van der Waals surface area contributed by atoms with Crippen LogP contribution in [0.15, 0.2) is 18.3 Å². The van der Waals surface area contributed by atoms with Crippen molar-refractivity contribution in [2.45, 2.75) is 25.4 Å². The van der Waals surface area contributed by atoms with Crippen molar-refractivity contribution in [3.8, 4) is 0 Å². The first-order chi connectivity index (χ1) is 6.83. The predicted molar refractivity (Wildman–Crippen MR) is 56.5 cm³/mol. The van der Waals surface area contributed by atoms with Crippen LogP contribution in [-0.2, 0) is 0 Å². The van der Waals surface area contributed by atoms with Gasteiger partial charge in [0.1, 0.15) is 0 Å². The number of aromatic nitrogens is 1. The zero-order chi connectivity index (χ0) is 9.54. The third kappa shape index (κ3) is 1.20. The SMILES string of the molecule is Cc1ccc(N2CC3CC2CN3)cn1. The molecular weight excluding hydrogens is 174 g/mol. The Kier molecular flexibility index (Phi) is 1.74. The zero-order valence-corrected chi connectivity index (χ0v) is 8.40. The lowest BCUT2D eigenvalue weighted by atomic mass is 10.2. The van der Waals surface area contributed by atoms with Crippen molar-refractivity contribution < 1.29 is 0 Å². The summed E-state index contributed by atoms with van der Waals surface area (Å²) in [4.78, 5) is 6.82. The van der Waals surface area contributed by atoms with E-state index in [1.807, 2.05) is 13.1 Å². The van der Waals surface area contributed by atoms with Crippen LogP contribution in [0.3, 0.4) is 0 Å². The van der Waals surface area contributed by atoms with Crippen molar-refractivity contribution in [3.63, 3.8) is 0 Å².